The van der Waals surface area contributed by atoms with E-state index >= 15 is 0 Å². The van der Waals surface area contributed by atoms with Crippen LogP contribution in [0.2, 0.25) is 0 Å². The third-order valence-electron chi connectivity index (χ3n) is 0. The minimum absolute atomic E-state index is 0. The molecule has 0 saturated carbocycles. The molecule has 0 rings (SSSR count). The molecule has 0 amide bonds. The second kappa shape index (κ2) is 33.8. The van der Waals surface area contributed by atoms with Crippen molar-refractivity contribution in [2.45, 2.75) is 0 Å². The van der Waals surface area contributed by atoms with Gasteiger partial charge >= 0.3 is 30.6 Å². The molecule has 0 radical (unpaired) electrons. The van der Waals surface area contributed by atoms with E-state index in [1.165, 1.54) is 0 Å². The van der Waals surface area contributed by atoms with Crippen molar-refractivity contribution in [1.82, 2.24) is 0 Å². The van der Waals surface area contributed by atoms with Crippen LogP contribution in [0.5, 0.6) is 0 Å². The average molecular weight is 222 g/mol. The summed E-state index contributed by atoms with van der Waals surface area (Å²) in [5, 5.41) is 0. The van der Waals surface area contributed by atoms with Gasteiger partial charge in [0.05, 0.1) is 0 Å². The summed E-state index contributed by atoms with van der Waals surface area (Å²) in [4.78, 5) is 0. The number of rotatable bonds is 0. The summed E-state index contributed by atoms with van der Waals surface area (Å²) in [5.41, 5.74) is 0. The summed E-state index contributed by atoms with van der Waals surface area (Å²) in [6.07, 6.45) is 0. The Morgan fingerprint density at radius 2 is 1.00 bits per heavy atom. The number of hydrogen-bond acceptors (Lipinski definition) is 0. The molecule has 0 aliphatic heterocycles. The van der Waals surface area contributed by atoms with Crippen molar-refractivity contribution in [2.24, 2.45) is 0 Å². The Kier molecular flexibility index (Phi) is 166. The van der Waals surface area contributed by atoms with Crippen molar-refractivity contribution in [3.05, 3.63) is 0 Å². The molecule has 0 atom stereocenters. The molecule has 0 unspecified atom stereocenters. The molecular formula is H4BrO2Pd. The van der Waals surface area contributed by atoms with Crippen LogP contribution < -0.4 is 0 Å². The third kappa shape index (κ3) is 11.5. The van der Waals surface area contributed by atoms with Crippen LogP contribution in [-0.4, -0.2) is 11.0 Å². The molecule has 0 aromatic carbocycles. The summed E-state index contributed by atoms with van der Waals surface area (Å²) < 4.78 is 0. The molecule has 2 nitrogen and oxygen atoms in total. The summed E-state index contributed by atoms with van der Waals surface area (Å²) in [5.74, 6) is 0. The summed E-state index contributed by atoms with van der Waals surface area (Å²) in [7, 11) is 0. The monoisotopic (exact) mass is 221 g/mol. The Labute approximate surface area is 41.8 Å². The zero-order chi connectivity index (χ0) is 2.00. The predicted octanol–water partition coefficient (Wildman–Crippen LogP) is -0.806. The Balaban J connectivity index is -0.00000000500. The fourth-order valence-corrected chi connectivity index (χ4v) is 0. The molecular weight excluding hydrogens is 218 g/mol. The maximum atomic E-state index is 2.79. The molecule has 0 aliphatic rings. The number of halogens is 1. The Morgan fingerprint density at radius 3 is 1.00 bits per heavy atom. The van der Waals surface area contributed by atoms with Crippen molar-refractivity contribution >= 4 is 13.4 Å². The van der Waals surface area contributed by atoms with Gasteiger partial charge < -0.3 is 11.0 Å². The van der Waals surface area contributed by atoms with Gasteiger partial charge in [-0.2, -0.15) is 0 Å². The van der Waals surface area contributed by atoms with Crippen molar-refractivity contribution in [3.63, 3.8) is 0 Å². The van der Waals surface area contributed by atoms with Gasteiger partial charge in [-0.05, 0) is 0 Å². The van der Waals surface area contributed by atoms with Crippen molar-refractivity contribution in [2.75, 3.05) is 0 Å². The number of hydrogen-bond donors (Lipinski definition) is 0. The topological polar surface area (TPSA) is 63.0 Å². The molecule has 0 heterocycles. The molecule has 4 N–H and O–H groups in total. The quantitative estimate of drug-likeness (QED) is 0.482. The Bertz CT molecular complexity index is 6.00. The van der Waals surface area contributed by atoms with Gasteiger partial charge in [0, 0.05) is 0 Å². The molecule has 0 aromatic rings. The van der Waals surface area contributed by atoms with Crippen molar-refractivity contribution in [1.29, 1.82) is 0 Å². The SMILES string of the molecule is O.O.[Br][Pd]. The van der Waals surface area contributed by atoms with Gasteiger partial charge in [0.15, 0.2) is 0 Å². The van der Waals surface area contributed by atoms with E-state index < -0.39 is 0 Å². The van der Waals surface area contributed by atoms with E-state index in [4.69, 9.17) is 0 Å². The first kappa shape index (κ1) is 19.6. The maximum absolute atomic E-state index is 2.79. The molecule has 0 spiro atoms. The molecule has 0 aliphatic carbocycles. The van der Waals surface area contributed by atoms with Gasteiger partial charge in [-0.25, -0.2) is 0 Å². The average Bonchev–Trinajstić information content (AvgIpc) is 1.00. The van der Waals surface area contributed by atoms with Gasteiger partial charge in [-0.15, -0.1) is 0 Å². The second-order valence-electron chi connectivity index (χ2n) is 0. The van der Waals surface area contributed by atoms with Crippen LogP contribution in [0, 0.1) is 0 Å². The minimum atomic E-state index is 0. The van der Waals surface area contributed by atoms with E-state index in [1.54, 1.807) is 0 Å². The molecule has 0 fully saturated rings. The molecule has 33 valence electrons. The zero-order valence-corrected chi connectivity index (χ0v) is 4.83. The van der Waals surface area contributed by atoms with Crippen LogP contribution in [0.15, 0.2) is 0 Å². The van der Waals surface area contributed by atoms with Crippen LogP contribution >= 0.6 is 13.4 Å². The van der Waals surface area contributed by atoms with Crippen molar-refractivity contribution in [3.8, 4) is 0 Å². The summed E-state index contributed by atoms with van der Waals surface area (Å²) in [6, 6.07) is 0. The first-order valence-corrected chi connectivity index (χ1v) is 3.67. The standard InChI is InChI=1S/BrH.2H2O.Pd/h1H;2*1H2;/q;;;+1/p-1. The van der Waals surface area contributed by atoms with E-state index in [-0.39, 0.29) is 11.0 Å². The second-order valence-corrected chi connectivity index (χ2v) is 0. The first-order chi connectivity index (χ1) is 1.00. The van der Waals surface area contributed by atoms with E-state index in [0.29, 0.717) is 0 Å². The van der Waals surface area contributed by atoms with Gasteiger partial charge in [0.2, 0.25) is 0 Å². The molecule has 0 bridgehead atoms. The normalized spacial score (nSPS) is 1.75. The fourth-order valence-electron chi connectivity index (χ4n) is 0. The Morgan fingerprint density at radius 1 is 1.00 bits per heavy atom. The van der Waals surface area contributed by atoms with E-state index in [9.17, 15) is 0 Å². The Hall–Kier alpha value is 1.06. The molecule has 4 heavy (non-hydrogen) atoms. The van der Waals surface area contributed by atoms with Gasteiger partial charge in [0.25, 0.3) is 0 Å². The van der Waals surface area contributed by atoms with Crippen LogP contribution in [0.25, 0.3) is 0 Å². The predicted molar refractivity (Wildman–Crippen MR) is 16.2 cm³/mol. The first-order valence-electron chi connectivity index (χ1n) is 0.120. The molecule has 0 saturated heterocycles. The van der Waals surface area contributed by atoms with E-state index in [2.05, 4.69) is 30.6 Å². The fraction of sp³-hybridized carbons (Fsp3) is 0. The third-order valence-corrected chi connectivity index (χ3v) is 0. The van der Waals surface area contributed by atoms with Crippen molar-refractivity contribution < 1.29 is 28.1 Å². The molecule has 0 aromatic heterocycles. The van der Waals surface area contributed by atoms with E-state index in [0.717, 1.165) is 0 Å². The summed E-state index contributed by atoms with van der Waals surface area (Å²) in [6.45, 7) is 0. The summed E-state index contributed by atoms with van der Waals surface area (Å²) >= 11 is 5.35. The van der Waals surface area contributed by atoms with Crippen LogP contribution in [0.3, 0.4) is 0 Å². The van der Waals surface area contributed by atoms with Crippen LogP contribution in [0.4, 0.5) is 0 Å². The van der Waals surface area contributed by atoms with Gasteiger partial charge in [-0.1, -0.05) is 0 Å². The van der Waals surface area contributed by atoms with Gasteiger partial charge in [-0.3, -0.25) is 0 Å². The van der Waals surface area contributed by atoms with Crippen LogP contribution in [0.1, 0.15) is 0 Å². The van der Waals surface area contributed by atoms with Crippen LogP contribution in [-0.2, 0) is 17.2 Å². The van der Waals surface area contributed by atoms with Gasteiger partial charge in [0.1, 0.15) is 0 Å². The molecule has 4 heteroatoms. The zero-order valence-electron chi connectivity index (χ0n) is 1.69. The van der Waals surface area contributed by atoms with E-state index in [1.807, 2.05) is 0 Å².